The third-order valence-corrected chi connectivity index (χ3v) is 6.76. The van der Waals surface area contributed by atoms with Gasteiger partial charge in [0.1, 0.15) is 23.1 Å². The van der Waals surface area contributed by atoms with E-state index in [1.807, 2.05) is 48.5 Å². The number of methoxy groups -OCH3 is 1. The third-order valence-electron chi connectivity index (χ3n) is 6.76. The van der Waals surface area contributed by atoms with E-state index in [1.54, 1.807) is 13.2 Å². The van der Waals surface area contributed by atoms with Gasteiger partial charge in [-0.1, -0.05) is 36.4 Å². The number of hydrogen-bond acceptors (Lipinski definition) is 3. The Balaban J connectivity index is 1.36. The Bertz CT molecular complexity index is 1340. The molecule has 1 aliphatic rings. The molecule has 5 rings (SSSR count). The monoisotopic (exact) mass is 481 g/mol. The number of halogens is 1. The van der Waals surface area contributed by atoms with Crippen LogP contribution in [0, 0.1) is 5.82 Å². The summed E-state index contributed by atoms with van der Waals surface area (Å²) in [5.41, 5.74) is 2.90. The molecule has 3 nitrogen and oxygen atoms in total. The van der Waals surface area contributed by atoms with Gasteiger partial charge in [-0.2, -0.15) is 0 Å². The Labute approximate surface area is 212 Å². The van der Waals surface area contributed by atoms with Crippen LogP contribution in [0.15, 0.2) is 91.1 Å². The highest BCUT2D eigenvalue weighted by Gasteiger charge is 2.14. The fourth-order valence-electron chi connectivity index (χ4n) is 4.78. The molecule has 1 saturated heterocycles. The molecule has 1 heterocycles. The Morgan fingerprint density at radius 2 is 1.67 bits per heavy atom. The summed E-state index contributed by atoms with van der Waals surface area (Å²) in [5.74, 6) is 1.97. The highest BCUT2D eigenvalue weighted by atomic mass is 19.1. The second kappa shape index (κ2) is 11.3. The van der Waals surface area contributed by atoms with Crippen LogP contribution < -0.4 is 9.47 Å². The first-order valence-corrected chi connectivity index (χ1v) is 12.7. The summed E-state index contributed by atoms with van der Waals surface area (Å²) >= 11 is 0. The lowest BCUT2D eigenvalue weighted by Crippen LogP contribution is -2.24. The molecule has 0 bridgehead atoms. The van der Waals surface area contributed by atoms with Gasteiger partial charge in [-0.15, -0.1) is 0 Å². The smallest absolute Gasteiger partial charge is 0.143 e. The van der Waals surface area contributed by atoms with Gasteiger partial charge < -0.3 is 14.4 Å². The van der Waals surface area contributed by atoms with Gasteiger partial charge in [0, 0.05) is 24.0 Å². The van der Waals surface area contributed by atoms with Crippen LogP contribution in [0.2, 0.25) is 0 Å². The number of aryl methyl sites for hydroxylation is 1. The first kappa shape index (κ1) is 23.9. The molecule has 4 aromatic carbocycles. The van der Waals surface area contributed by atoms with Gasteiger partial charge in [-0.25, -0.2) is 4.39 Å². The number of rotatable bonds is 8. The van der Waals surface area contributed by atoms with Crippen molar-refractivity contribution in [2.24, 2.45) is 0 Å². The van der Waals surface area contributed by atoms with Crippen LogP contribution in [0.25, 0.3) is 21.9 Å². The number of ether oxygens (including phenoxy) is 2. The van der Waals surface area contributed by atoms with Gasteiger partial charge in [0.25, 0.3) is 0 Å². The van der Waals surface area contributed by atoms with Crippen LogP contribution in [-0.2, 0) is 6.42 Å². The van der Waals surface area contributed by atoms with Gasteiger partial charge in [0.2, 0.25) is 0 Å². The molecule has 184 valence electrons. The van der Waals surface area contributed by atoms with Crippen LogP contribution in [0.1, 0.15) is 31.2 Å². The zero-order valence-electron chi connectivity index (χ0n) is 20.8. The lowest BCUT2D eigenvalue weighted by molar-refractivity contribution is 0.308. The highest BCUT2D eigenvalue weighted by molar-refractivity contribution is 5.96. The molecule has 1 fully saturated rings. The van der Waals surface area contributed by atoms with Crippen LogP contribution in [0.4, 0.5) is 4.39 Å². The number of nitrogens with zero attached hydrogens (tertiary/aromatic N) is 1. The Morgan fingerprint density at radius 3 is 2.44 bits per heavy atom. The molecular formula is C32H32FNO2. The van der Waals surface area contributed by atoms with Gasteiger partial charge >= 0.3 is 0 Å². The van der Waals surface area contributed by atoms with Crippen molar-refractivity contribution in [1.82, 2.24) is 4.90 Å². The molecule has 0 aromatic heterocycles. The van der Waals surface area contributed by atoms with Gasteiger partial charge in [0.15, 0.2) is 0 Å². The Hall–Kier alpha value is -3.79. The van der Waals surface area contributed by atoms with Gasteiger partial charge in [-0.05, 0) is 103 Å². The number of piperidine rings is 1. The minimum Gasteiger partial charge on any atom is -0.497 e. The quantitative estimate of drug-likeness (QED) is 0.252. The third kappa shape index (κ3) is 5.71. The van der Waals surface area contributed by atoms with Crippen molar-refractivity contribution in [2.45, 2.75) is 32.1 Å². The van der Waals surface area contributed by atoms with E-state index in [4.69, 9.17) is 9.47 Å². The van der Waals surface area contributed by atoms with Crippen molar-refractivity contribution in [3.05, 3.63) is 103 Å². The molecule has 0 amide bonds. The second-order valence-corrected chi connectivity index (χ2v) is 9.31. The van der Waals surface area contributed by atoms with E-state index in [2.05, 4.69) is 29.3 Å². The number of likely N-dealkylation sites (tertiary alicyclic amines) is 1. The topological polar surface area (TPSA) is 21.7 Å². The molecule has 0 unspecified atom stereocenters. The number of allylic oxidation sites excluding steroid dienone is 1. The Morgan fingerprint density at radius 1 is 0.861 bits per heavy atom. The van der Waals surface area contributed by atoms with Crippen molar-refractivity contribution in [2.75, 3.05) is 20.2 Å². The van der Waals surface area contributed by atoms with Gasteiger partial charge in [0.05, 0.1) is 7.11 Å². The van der Waals surface area contributed by atoms with Crippen LogP contribution >= 0.6 is 0 Å². The maximum Gasteiger partial charge on any atom is 0.143 e. The van der Waals surface area contributed by atoms with E-state index in [-0.39, 0.29) is 5.82 Å². The number of hydrogen-bond donors (Lipinski definition) is 0. The molecule has 0 atom stereocenters. The van der Waals surface area contributed by atoms with Crippen molar-refractivity contribution in [1.29, 1.82) is 0 Å². The van der Waals surface area contributed by atoms with Crippen LogP contribution in [0.3, 0.4) is 0 Å². The minimum atomic E-state index is -0.271. The predicted molar refractivity (Wildman–Crippen MR) is 145 cm³/mol. The molecule has 4 heteroatoms. The molecule has 0 saturated carbocycles. The summed E-state index contributed by atoms with van der Waals surface area (Å²) in [6, 6.07) is 24.8. The van der Waals surface area contributed by atoms with Crippen molar-refractivity contribution < 1.29 is 13.9 Å². The molecular weight excluding hydrogens is 449 g/mol. The lowest BCUT2D eigenvalue weighted by atomic mass is 9.99. The normalized spacial score (nSPS) is 13.9. The number of benzene rings is 4. The van der Waals surface area contributed by atoms with Crippen molar-refractivity contribution >= 4 is 10.8 Å². The molecule has 0 aliphatic carbocycles. The summed E-state index contributed by atoms with van der Waals surface area (Å²) in [5, 5.41) is 1.95. The molecule has 0 radical (unpaired) electrons. The van der Waals surface area contributed by atoms with Crippen LogP contribution in [0.5, 0.6) is 17.2 Å². The SMILES string of the molecule is COc1ccc2c(Oc3ccc(CCC=CN4CCCCC4)cc3)c(-c3cccc(F)c3)ccc2c1. The molecule has 1 aliphatic heterocycles. The first-order valence-electron chi connectivity index (χ1n) is 12.7. The average Bonchev–Trinajstić information content (AvgIpc) is 2.92. The molecule has 36 heavy (non-hydrogen) atoms. The summed E-state index contributed by atoms with van der Waals surface area (Å²) in [6.45, 7) is 2.36. The average molecular weight is 482 g/mol. The van der Waals surface area contributed by atoms with E-state index >= 15 is 0 Å². The minimum absolute atomic E-state index is 0.271. The predicted octanol–water partition coefficient (Wildman–Crippen LogP) is 8.38. The lowest BCUT2D eigenvalue weighted by Gasteiger charge is -2.24. The van der Waals surface area contributed by atoms with E-state index in [0.29, 0.717) is 5.75 Å². The van der Waals surface area contributed by atoms with E-state index < -0.39 is 0 Å². The zero-order chi connectivity index (χ0) is 24.7. The Kier molecular flexibility index (Phi) is 7.51. The summed E-state index contributed by atoms with van der Waals surface area (Å²) in [7, 11) is 1.66. The summed E-state index contributed by atoms with van der Waals surface area (Å²) in [4.78, 5) is 2.43. The molecule has 0 spiro atoms. The van der Waals surface area contributed by atoms with E-state index in [1.165, 1.54) is 50.0 Å². The van der Waals surface area contributed by atoms with E-state index in [0.717, 1.165) is 46.2 Å². The largest absolute Gasteiger partial charge is 0.497 e. The first-order chi connectivity index (χ1) is 17.7. The number of fused-ring (bicyclic) bond motifs is 1. The second-order valence-electron chi connectivity index (χ2n) is 9.31. The maximum atomic E-state index is 14.0. The van der Waals surface area contributed by atoms with Gasteiger partial charge in [-0.3, -0.25) is 0 Å². The molecule has 0 N–H and O–H groups in total. The zero-order valence-corrected chi connectivity index (χ0v) is 20.8. The fraction of sp³-hybridized carbons (Fsp3) is 0.250. The summed E-state index contributed by atoms with van der Waals surface area (Å²) < 4.78 is 25.9. The highest BCUT2D eigenvalue weighted by Crippen LogP contribution is 2.40. The maximum absolute atomic E-state index is 14.0. The molecule has 4 aromatic rings. The van der Waals surface area contributed by atoms with Crippen molar-refractivity contribution in [3.8, 4) is 28.4 Å². The van der Waals surface area contributed by atoms with Crippen molar-refractivity contribution in [3.63, 3.8) is 0 Å². The fourth-order valence-corrected chi connectivity index (χ4v) is 4.78. The standard InChI is InChI=1S/C32H32FNO2/c1-35-29-16-18-31-26(23-29)13-17-30(25-9-7-10-27(33)22-25)32(31)36-28-14-11-24(12-15-28)8-3-6-21-34-19-4-2-5-20-34/h6-7,9-18,21-23H,2-5,8,19-20H2,1H3. The van der Waals surface area contributed by atoms with Crippen LogP contribution in [-0.4, -0.2) is 25.1 Å². The van der Waals surface area contributed by atoms with E-state index in [9.17, 15) is 4.39 Å². The summed E-state index contributed by atoms with van der Waals surface area (Å²) in [6.07, 6.45) is 10.5.